The van der Waals surface area contributed by atoms with Crippen molar-refractivity contribution in [2.45, 2.75) is 50.8 Å². The van der Waals surface area contributed by atoms with Crippen molar-refractivity contribution in [2.24, 2.45) is 5.92 Å². The molecule has 2 aliphatic rings. The van der Waals surface area contributed by atoms with Crippen molar-refractivity contribution >= 4 is 33.2 Å². The molecule has 1 N–H and O–H groups in total. The molecule has 7 nitrogen and oxygen atoms in total. The Bertz CT molecular complexity index is 1230. The third-order valence-electron chi connectivity index (χ3n) is 6.96. The minimum absolute atomic E-state index is 0.0530. The van der Waals surface area contributed by atoms with Gasteiger partial charge in [-0.1, -0.05) is 12.1 Å². The number of nitrogens with zero attached hydrogens (tertiary/aromatic N) is 2. The van der Waals surface area contributed by atoms with Gasteiger partial charge in [0.15, 0.2) is 0 Å². The first-order valence-electron chi connectivity index (χ1n) is 11.2. The van der Waals surface area contributed by atoms with Crippen LogP contribution in [0.4, 0.5) is 11.4 Å². The molecule has 8 heteroatoms. The monoisotopic (exact) mass is 469 g/mol. The molecule has 0 spiro atoms. The molecule has 2 amide bonds. The Morgan fingerprint density at radius 3 is 2.39 bits per heavy atom. The highest BCUT2D eigenvalue weighted by Crippen LogP contribution is 2.42. The molecular formula is C25H31N3O4S. The summed E-state index contributed by atoms with van der Waals surface area (Å²) in [5.41, 5.74) is 3.56. The Labute approximate surface area is 195 Å². The summed E-state index contributed by atoms with van der Waals surface area (Å²) >= 11 is 0. The zero-order chi connectivity index (χ0) is 24.1. The van der Waals surface area contributed by atoms with Crippen LogP contribution < -0.4 is 10.2 Å². The fourth-order valence-corrected chi connectivity index (χ4v) is 6.22. The van der Waals surface area contributed by atoms with Gasteiger partial charge in [-0.25, -0.2) is 8.42 Å². The third-order valence-corrected chi connectivity index (χ3v) is 8.85. The van der Waals surface area contributed by atoms with E-state index in [0.717, 1.165) is 28.1 Å². The molecule has 0 bridgehead atoms. The fraction of sp³-hybridized carbons (Fsp3) is 0.440. The molecule has 0 aromatic heterocycles. The van der Waals surface area contributed by atoms with Gasteiger partial charge in [-0.05, 0) is 81.5 Å². The van der Waals surface area contributed by atoms with Gasteiger partial charge in [0, 0.05) is 37.4 Å². The van der Waals surface area contributed by atoms with Gasteiger partial charge in [-0.3, -0.25) is 9.59 Å². The average Bonchev–Trinajstić information content (AvgIpc) is 2.96. The molecule has 1 saturated heterocycles. The predicted octanol–water partition coefficient (Wildman–Crippen LogP) is 3.60. The van der Waals surface area contributed by atoms with Crippen molar-refractivity contribution in [3.63, 3.8) is 0 Å². The van der Waals surface area contributed by atoms with Gasteiger partial charge in [0.25, 0.3) is 0 Å². The van der Waals surface area contributed by atoms with Crippen molar-refractivity contribution < 1.29 is 18.0 Å². The standard InChI is InChI=1S/C25H31N3O4S/c1-16-6-7-17(2)21(14-16)26-23(29)18-10-12-28(13-11-18)33(31,32)19-8-9-22-20(15-19)25(3,4)24(30)27(22)5/h6-9,14-15,18H,10-13H2,1-5H3,(H,26,29). The highest BCUT2D eigenvalue weighted by molar-refractivity contribution is 7.89. The first kappa shape index (κ1) is 23.4. The summed E-state index contributed by atoms with van der Waals surface area (Å²) in [7, 11) is -2.01. The number of carbonyl (C=O) groups is 2. The zero-order valence-electron chi connectivity index (χ0n) is 19.8. The number of hydrogen-bond acceptors (Lipinski definition) is 4. The van der Waals surface area contributed by atoms with Gasteiger partial charge >= 0.3 is 0 Å². The maximum Gasteiger partial charge on any atom is 0.243 e. The van der Waals surface area contributed by atoms with Gasteiger partial charge in [0.1, 0.15) is 0 Å². The molecule has 176 valence electrons. The molecular weight excluding hydrogens is 438 g/mol. The molecule has 2 aromatic rings. The summed E-state index contributed by atoms with van der Waals surface area (Å²) in [4.78, 5) is 27.1. The lowest BCUT2D eigenvalue weighted by molar-refractivity contribution is -0.122. The predicted molar refractivity (Wildman–Crippen MR) is 129 cm³/mol. The van der Waals surface area contributed by atoms with Gasteiger partial charge in [0.05, 0.1) is 10.3 Å². The molecule has 0 radical (unpaired) electrons. The number of anilines is 2. The summed E-state index contributed by atoms with van der Waals surface area (Å²) in [6.45, 7) is 8.13. The normalized spacial score (nSPS) is 18.9. The van der Waals surface area contributed by atoms with Crippen molar-refractivity contribution in [3.8, 4) is 0 Å². The van der Waals surface area contributed by atoms with Gasteiger partial charge in [-0.15, -0.1) is 0 Å². The first-order valence-corrected chi connectivity index (χ1v) is 12.7. The lowest BCUT2D eigenvalue weighted by Gasteiger charge is -2.31. The number of benzene rings is 2. The molecule has 0 saturated carbocycles. The summed E-state index contributed by atoms with van der Waals surface area (Å²) in [6.07, 6.45) is 0.932. The maximum absolute atomic E-state index is 13.3. The quantitative estimate of drug-likeness (QED) is 0.741. The van der Waals surface area contributed by atoms with Crippen molar-refractivity contribution in [1.82, 2.24) is 4.31 Å². The number of hydrogen-bond donors (Lipinski definition) is 1. The first-order chi connectivity index (χ1) is 15.4. The summed E-state index contributed by atoms with van der Waals surface area (Å²) in [5.74, 6) is -0.356. The van der Waals surface area contributed by atoms with Gasteiger partial charge in [-0.2, -0.15) is 4.31 Å². The molecule has 0 unspecified atom stereocenters. The molecule has 2 heterocycles. The van der Waals surface area contributed by atoms with Crippen LogP contribution in [0.3, 0.4) is 0 Å². The third kappa shape index (κ3) is 4.06. The van der Waals surface area contributed by atoms with Crippen LogP contribution in [0, 0.1) is 19.8 Å². The smallest absolute Gasteiger partial charge is 0.243 e. The Kier molecular flexibility index (Phi) is 5.87. The number of sulfonamides is 1. The number of carbonyl (C=O) groups excluding carboxylic acids is 2. The second-order valence-electron chi connectivity index (χ2n) is 9.65. The number of aryl methyl sites for hydroxylation is 2. The molecule has 2 aromatic carbocycles. The Morgan fingerprint density at radius 2 is 1.73 bits per heavy atom. The van der Waals surface area contributed by atoms with Crippen LogP contribution in [0.2, 0.25) is 0 Å². The second kappa shape index (κ2) is 8.25. The van der Waals surface area contributed by atoms with E-state index in [2.05, 4.69) is 5.32 Å². The van der Waals surface area contributed by atoms with E-state index in [9.17, 15) is 18.0 Å². The largest absolute Gasteiger partial charge is 0.326 e. The number of likely N-dealkylation sites (N-methyl/N-ethyl adjacent to an activating group) is 1. The number of fused-ring (bicyclic) bond motifs is 1. The number of piperidine rings is 1. The van der Waals surface area contributed by atoms with Crippen LogP contribution in [0.5, 0.6) is 0 Å². The molecule has 0 atom stereocenters. The van der Waals surface area contributed by atoms with Crippen molar-refractivity contribution in [2.75, 3.05) is 30.4 Å². The number of rotatable bonds is 4. The SMILES string of the molecule is Cc1ccc(C)c(NC(=O)C2CCN(S(=O)(=O)c3ccc4c(c3)C(C)(C)C(=O)N4C)CC2)c1. The minimum atomic E-state index is -3.72. The maximum atomic E-state index is 13.3. The summed E-state index contributed by atoms with van der Waals surface area (Å²) in [6, 6.07) is 10.8. The molecule has 4 rings (SSSR count). The van der Waals surface area contributed by atoms with Crippen LogP contribution >= 0.6 is 0 Å². The van der Waals surface area contributed by atoms with Gasteiger partial charge in [0.2, 0.25) is 21.8 Å². The van der Waals surface area contributed by atoms with Crippen LogP contribution in [0.1, 0.15) is 43.4 Å². The highest BCUT2D eigenvalue weighted by atomic mass is 32.2. The van der Waals surface area contributed by atoms with E-state index in [1.807, 2.05) is 45.9 Å². The fourth-order valence-electron chi connectivity index (χ4n) is 4.73. The van der Waals surface area contributed by atoms with Crippen LogP contribution in [-0.4, -0.2) is 44.7 Å². The van der Waals surface area contributed by atoms with Crippen LogP contribution in [0.15, 0.2) is 41.3 Å². The Balaban J connectivity index is 1.47. The average molecular weight is 470 g/mol. The topological polar surface area (TPSA) is 86.8 Å². The van der Waals surface area contributed by atoms with E-state index < -0.39 is 15.4 Å². The number of amides is 2. The minimum Gasteiger partial charge on any atom is -0.326 e. The van der Waals surface area contributed by atoms with E-state index in [1.165, 1.54) is 4.31 Å². The Hall–Kier alpha value is -2.71. The van der Waals surface area contributed by atoms with Gasteiger partial charge < -0.3 is 10.2 Å². The van der Waals surface area contributed by atoms with Crippen LogP contribution in [0.25, 0.3) is 0 Å². The molecule has 1 fully saturated rings. The highest BCUT2D eigenvalue weighted by Gasteiger charge is 2.43. The molecule has 33 heavy (non-hydrogen) atoms. The van der Waals surface area contributed by atoms with E-state index in [4.69, 9.17) is 0 Å². The van der Waals surface area contributed by atoms with Crippen molar-refractivity contribution in [1.29, 1.82) is 0 Å². The summed E-state index contributed by atoms with van der Waals surface area (Å²) < 4.78 is 28.1. The van der Waals surface area contributed by atoms with E-state index in [1.54, 1.807) is 30.1 Å². The van der Waals surface area contributed by atoms with E-state index in [-0.39, 0.29) is 35.7 Å². The number of nitrogens with one attached hydrogen (secondary N) is 1. The zero-order valence-corrected chi connectivity index (χ0v) is 20.6. The van der Waals surface area contributed by atoms with Crippen molar-refractivity contribution in [3.05, 3.63) is 53.1 Å². The van der Waals surface area contributed by atoms with Crippen LogP contribution in [-0.2, 0) is 25.0 Å². The lowest BCUT2D eigenvalue weighted by Crippen LogP contribution is -2.41. The second-order valence-corrected chi connectivity index (χ2v) is 11.6. The molecule has 0 aliphatic carbocycles. The van der Waals surface area contributed by atoms with E-state index >= 15 is 0 Å². The lowest BCUT2D eigenvalue weighted by atomic mass is 9.86. The Morgan fingerprint density at radius 1 is 1.06 bits per heavy atom. The molecule has 2 aliphatic heterocycles. The summed E-state index contributed by atoms with van der Waals surface area (Å²) in [5, 5.41) is 3.01. The van der Waals surface area contributed by atoms with E-state index in [0.29, 0.717) is 12.8 Å².